The fraction of sp³-hybridized carbons (Fsp3) is 0.500. The third-order valence-corrected chi connectivity index (χ3v) is 6.23. The highest BCUT2D eigenvalue weighted by molar-refractivity contribution is 5.77. The van der Waals surface area contributed by atoms with Crippen LogP contribution in [0, 0.1) is 0 Å². The van der Waals surface area contributed by atoms with Crippen molar-refractivity contribution in [1.29, 1.82) is 0 Å². The number of anilines is 1. The monoisotopic (exact) mass is 378 g/mol. The number of fused-ring (bicyclic) bond motifs is 1. The van der Waals surface area contributed by atoms with E-state index in [4.69, 9.17) is 14.7 Å². The number of piperidine rings is 1. The van der Waals surface area contributed by atoms with Crippen LogP contribution in [0.3, 0.4) is 0 Å². The summed E-state index contributed by atoms with van der Waals surface area (Å²) in [4.78, 5) is 24.3. The van der Waals surface area contributed by atoms with Gasteiger partial charge < -0.3 is 15.0 Å². The molecule has 1 amide bonds. The molecule has 6 nitrogen and oxygen atoms in total. The lowest BCUT2D eigenvalue weighted by Gasteiger charge is -2.41. The molecule has 2 aromatic rings. The molecule has 5 rings (SSSR count). The van der Waals surface area contributed by atoms with Gasteiger partial charge in [-0.05, 0) is 32.1 Å². The lowest BCUT2D eigenvalue weighted by molar-refractivity contribution is -0.126. The van der Waals surface area contributed by atoms with Crippen molar-refractivity contribution in [1.82, 2.24) is 15.3 Å². The van der Waals surface area contributed by atoms with Crippen molar-refractivity contribution in [3.8, 4) is 11.4 Å². The van der Waals surface area contributed by atoms with Gasteiger partial charge in [-0.1, -0.05) is 30.3 Å². The molecule has 0 radical (unpaired) electrons. The maximum Gasteiger partial charge on any atom is 0.222 e. The van der Waals surface area contributed by atoms with Crippen LogP contribution in [0.4, 0.5) is 5.82 Å². The predicted octanol–water partition coefficient (Wildman–Crippen LogP) is 2.51. The van der Waals surface area contributed by atoms with E-state index in [1.54, 1.807) is 0 Å². The largest absolute Gasteiger partial charge is 0.372 e. The molecule has 28 heavy (non-hydrogen) atoms. The first-order chi connectivity index (χ1) is 13.7. The minimum Gasteiger partial charge on any atom is -0.372 e. The van der Waals surface area contributed by atoms with Crippen molar-refractivity contribution in [2.45, 2.75) is 44.1 Å². The van der Waals surface area contributed by atoms with Gasteiger partial charge in [-0.15, -0.1) is 0 Å². The molecule has 146 valence electrons. The fourth-order valence-electron chi connectivity index (χ4n) is 4.70. The molecular weight excluding hydrogens is 352 g/mol. The topological polar surface area (TPSA) is 67.4 Å². The number of nitrogens with zero attached hydrogens (tertiary/aromatic N) is 3. The zero-order chi connectivity index (χ0) is 19.0. The zero-order valence-electron chi connectivity index (χ0n) is 16.1. The summed E-state index contributed by atoms with van der Waals surface area (Å²) in [6, 6.07) is 10.2. The summed E-state index contributed by atoms with van der Waals surface area (Å²) in [6.07, 6.45) is 5.43. The van der Waals surface area contributed by atoms with Crippen LogP contribution in [0.15, 0.2) is 30.3 Å². The first-order valence-electron chi connectivity index (χ1n) is 10.3. The van der Waals surface area contributed by atoms with Gasteiger partial charge in [0.05, 0.1) is 18.6 Å². The van der Waals surface area contributed by atoms with Crippen LogP contribution in [0.5, 0.6) is 0 Å². The number of aryl methyl sites for hydroxylation is 1. The van der Waals surface area contributed by atoms with Crippen molar-refractivity contribution in [3.63, 3.8) is 0 Å². The standard InChI is InChI=1S/C22H26N4O2/c27-19-15-22(28-14-11-23-19)9-12-26(13-10-22)21-17-7-4-8-18(17)24-20(25-21)16-5-2-1-3-6-16/h1-3,5-6H,4,7-15H2,(H,23,27). The molecule has 3 aliphatic rings. The van der Waals surface area contributed by atoms with Crippen molar-refractivity contribution in [2.24, 2.45) is 0 Å². The number of benzene rings is 1. The molecule has 0 atom stereocenters. The molecule has 1 aliphatic carbocycles. The van der Waals surface area contributed by atoms with Gasteiger partial charge in [0.2, 0.25) is 5.91 Å². The quantitative estimate of drug-likeness (QED) is 0.870. The summed E-state index contributed by atoms with van der Waals surface area (Å²) < 4.78 is 6.13. The van der Waals surface area contributed by atoms with Crippen molar-refractivity contribution in [3.05, 3.63) is 41.6 Å². The van der Waals surface area contributed by atoms with E-state index in [-0.39, 0.29) is 11.5 Å². The van der Waals surface area contributed by atoms with Crippen LogP contribution in [0.1, 0.15) is 36.9 Å². The first-order valence-corrected chi connectivity index (χ1v) is 10.3. The molecule has 0 saturated carbocycles. The summed E-state index contributed by atoms with van der Waals surface area (Å²) in [6.45, 7) is 2.95. The molecule has 2 aliphatic heterocycles. The zero-order valence-corrected chi connectivity index (χ0v) is 16.1. The molecule has 1 aromatic carbocycles. The van der Waals surface area contributed by atoms with Gasteiger partial charge in [-0.2, -0.15) is 0 Å². The van der Waals surface area contributed by atoms with Gasteiger partial charge in [0, 0.05) is 36.5 Å². The summed E-state index contributed by atoms with van der Waals surface area (Å²) in [5.74, 6) is 2.02. The highest BCUT2D eigenvalue weighted by Crippen LogP contribution is 2.36. The smallest absolute Gasteiger partial charge is 0.222 e. The molecule has 0 unspecified atom stereocenters. The predicted molar refractivity (Wildman–Crippen MR) is 107 cm³/mol. The van der Waals surface area contributed by atoms with Crippen LogP contribution >= 0.6 is 0 Å². The Balaban J connectivity index is 1.42. The average molecular weight is 378 g/mol. The Hall–Kier alpha value is -2.47. The second-order valence-electron chi connectivity index (χ2n) is 8.06. The van der Waals surface area contributed by atoms with Gasteiger partial charge in [-0.25, -0.2) is 9.97 Å². The van der Waals surface area contributed by atoms with Gasteiger partial charge in [-0.3, -0.25) is 4.79 Å². The lowest BCUT2D eigenvalue weighted by atomic mass is 9.87. The van der Waals surface area contributed by atoms with Crippen molar-refractivity contribution in [2.75, 3.05) is 31.1 Å². The number of nitrogens with one attached hydrogen (secondary N) is 1. The van der Waals surface area contributed by atoms with E-state index in [0.29, 0.717) is 19.6 Å². The molecule has 2 saturated heterocycles. The Kier molecular flexibility index (Phi) is 4.51. The second-order valence-corrected chi connectivity index (χ2v) is 8.06. The van der Waals surface area contributed by atoms with Crippen LogP contribution in [0.25, 0.3) is 11.4 Å². The third-order valence-electron chi connectivity index (χ3n) is 6.23. The number of ether oxygens (including phenoxy) is 1. The van der Waals surface area contributed by atoms with Gasteiger partial charge in [0.1, 0.15) is 5.82 Å². The van der Waals surface area contributed by atoms with E-state index in [1.165, 1.54) is 11.3 Å². The van der Waals surface area contributed by atoms with Crippen LogP contribution in [-0.4, -0.2) is 47.7 Å². The number of hydrogen-bond donors (Lipinski definition) is 1. The van der Waals surface area contributed by atoms with Crippen molar-refractivity contribution >= 4 is 11.7 Å². The number of amides is 1. The molecular formula is C22H26N4O2. The minimum atomic E-state index is -0.310. The summed E-state index contributed by atoms with van der Waals surface area (Å²) in [5, 5.41) is 2.92. The minimum absolute atomic E-state index is 0.111. The van der Waals surface area contributed by atoms with Gasteiger partial charge >= 0.3 is 0 Å². The maximum absolute atomic E-state index is 12.0. The highest BCUT2D eigenvalue weighted by atomic mass is 16.5. The lowest BCUT2D eigenvalue weighted by Crippen LogP contribution is -2.47. The Labute approximate surface area is 165 Å². The average Bonchev–Trinajstić information content (AvgIpc) is 3.13. The summed E-state index contributed by atoms with van der Waals surface area (Å²) in [5.41, 5.74) is 3.27. The SMILES string of the molecule is O=C1CC2(CCN(c3nc(-c4ccccc4)nc4c3CCC4)CC2)OCCN1. The summed E-state index contributed by atoms with van der Waals surface area (Å²) in [7, 11) is 0. The second kappa shape index (κ2) is 7.17. The first kappa shape index (κ1) is 17.6. The maximum atomic E-state index is 12.0. The molecule has 2 fully saturated rings. The molecule has 3 heterocycles. The van der Waals surface area contributed by atoms with E-state index in [9.17, 15) is 4.79 Å². The number of carbonyl (C=O) groups is 1. The van der Waals surface area contributed by atoms with E-state index in [2.05, 4.69) is 22.3 Å². The number of rotatable bonds is 2. The number of carbonyl (C=O) groups excluding carboxylic acids is 1. The molecule has 6 heteroatoms. The number of hydrogen-bond acceptors (Lipinski definition) is 5. The third kappa shape index (κ3) is 3.26. The molecule has 1 aromatic heterocycles. The fourth-order valence-corrected chi connectivity index (χ4v) is 4.70. The van der Waals surface area contributed by atoms with Gasteiger partial charge in [0.25, 0.3) is 0 Å². The Morgan fingerprint density at radius 1 is 1.07 bits per heavy atom. The molecule has 1 spiro atoms. The van der Waals surface area contributed by atoms with Gasteiger partial charge in [0.15, 0.2) is 5.82 Å². The van der Waals surface area contributed by atoms with E-state index in [1.807, 2.05) is 18.2 Å². The summed E-state index contributed by atoms with van der Waals surface area (Å²) >= 11 is 0. The van der Waals surface area contributed by atoms with E-state index in [0.717, 1.165) is 62.4 Å². The molecule has 0 bridgehead atoms. The number of aromatic nitrogens is 2. The van der Waals surface area contributed by atoms with Crippen LogP contribution < -0.4 is 10.2 Å². The highest BCUT2D eigenvalue weighted by Gasteiger charge is 2.40. The Bertz CT molecular complexity index is 876. The molecule has 1 N–H and O–H groups in total. The van der Waals surface area contributed by atoms with Crippen LogP contribution in [-0.2, 0) is 22.4 Å². The van der Waals surface area contributed by atoms with Crippen molar-refractivity contribution < 1.29 is 9.53 Å². The van der Waals surface area contributed by atoms with Crippen LogP contribution in [0.2, 0.25) is 0 Å². The Morgan fingerprint density at radius 3 is 2.71 bits per heavy atom. The van der Waals surface area contributed by atoms with E-state index >= 15 is 0 Å². The Morgan fingerprint density at radius 2 is 1.89 bits per heavy atom. The normalized spacial score (nSPS) is 21.3. The van der Waals surface area contributed by atoms with E-state index < -0.39 is 0 Å².